The summed E-state index contributed by atoms with van der Waals surface area (Å²) < 4.78 is 10.7. The summed E-state index contributed by atoms with van der Waals surface area (Å²) in [7, 11) is 3.18. The zero-order valence-electron chi connectivity index (χ0n) is 17.1. The van der Waals surface area contributed by atoms with Crippen molar-refractivity contribution in [2.24, 2.45) is 5.10 Å². The van der Waals surface area contributed by atoms with Crippen LogP contribution in [0.3, 0.4) is 0 Å². The molecule has 2 aromatic carbocycles. The topological polar surface area (TPSA) is 103 Å². The predicted octanol–water partition coefficient (Wildman–Crippen LogP) is 3.82. The van der Waals surface area contributed by atoms with Crippen LogP contribution < -0.4 is 15.2 Å². The molecule has 1 aliphatic heterocycles. The maximum atomic E-state index is 12.5. The normalized spacial score (nSPS) is 13.7. The van der Waals surface area contributed by atoms with Crippen LogP contribution >= 0.6 is 11.8 Å². The Labute approximate surface area is 184 Å². The molecule has 1 aromatic heterocycles. The maximum absolute atomic E-state index is 12.5. The van der Waals surface area contributed by atoms with E-state index in [0.717, 1.165) is 22.4 Å². The lowest BCUT2D eigenvalue weighted by atomic mass is 10.1. The highest BCUT2D eigenvalue weighted by molar-refractivity contribution is 8.14. The molecule has 0 saturated carbocycles. The number of methoxy groups -OCH3 is 2. The van der Waals surface area contributed by atoms with Crippen molar-refractivity contribution in [3.05, 3.63) is 66.0 Å². The van der Waals surface area contributed by atoms with Crippen LogP contribution in [0.5, 0.6) is 11.5 Å². The van der Waals surface area contributed by atoms with Gasteiger partial charge in [-0.3, -0.25) is 4.79 Å². The van der Waals surface area contributed by atoms with Crippen molar-refractivity contribution >= 4 is 28.4 Å². The zero-order chi connectivity index (χ0) is 21.8. The van der Waals surface area contributed by atoms with Crippen molar-refractivity contribution in [2.75, 3.05) is 25.7 Å². The molecule has 0 aliphatic carbocycles. The number of hydrogen-bond acceptors (Lipinski definition) is 8. The number of anilines is 1. The number of hydrazone groups is 1. The number of ether oxygens (including phenoxy) is 2. The first-order valence-corrected chi connectivity index (χ1v) is 10.5. The van der Waals surface area contributed by atoms with Crippen LogP contribution in [0, 0.1) is 0 Å². The smallest absolute Gasteiger partial charge is 0.302 e. The summed E-state index contributed by atoms with van der Waals surface area (Å²) in [6.45, 7) is 0.339. The molecule has 158 valence electrons. The molecule has 0 unspecified atom stereocenters. The molecule has 3 aromatic rings. The summed E-state index contributed by atoms with van der Waals surface area (Å²) in [6.07, 6.45) is 3.14. The Morgan fingerprint density at radius 3 is 2.55 bits per heavy atom. The highest BCUT2D eigenvalue weighted by Crippen LogP contribution is 2.30. The minimum Gasteiger partial charge on any atom is -0.493 e. The average Bonchev–Trinajstić information content (AvgIpc) is 2.80. The van der Waals surface area contributed by atoms with Gasteiger partial charge in [0.2, 0.25) is 0 Å². The van der Waals surface area contributed by atoms with Gasteiger partial charge in [0.05, 0.1) is 44.6 Å². The number of hydrogen-bond donors (Lipinski definition) is 1. The van der Waals surface area contributed by atoms with E-state index in [9.17, 15) is 4.79 Å². The average molecular weight is 436 g/mol. The molecule has 2 heterocycles. The highest BCUT2D eigenvalue weighted by Gasteiger charge is 2.23. The summed E-state index contributed by atoms with van der Waals surface area (Å²) in [4.78, 5) is 21.0. The van der Waals surface area contributed by atoms with E-state index in [-0.39, 0.29) is 5.24 Å². The summed E-state index contributed by atoms with van der Waals surface area (Å²) in [6, 6.07) is 13.3. The van der Waals surface area contributed by atoms with Crippen LogP contribution in [0.25, 0.3) is 11.4 Å². The number of carbonyl (C=O) groups is 1. The highest BCUT2D eigenvalue weighted by atomic mass is 32.2. The molecular formula is C22H21N5O3S. The van der Waals surface area contributed by atoms with Crippen LogP contribution in [-0.2, 0) is 6.54 Å². The van der Waals surface area contributed by atoms with Gasteiger partial charge in [-0.15, -0.1) is 0 Å². The second-order valence-electron chi connectivity index (χ2n) is 6.77. The maximum Gasteiger partial charge on any atom is 0.302 e. The van der Waals surface area contributed by atoms with Crippen molar-refractivity contribution in [3.63, 3.8) is 0 Å². The Hall–Kier alpha value is -3.59. The SMILES string of the molecule is COc1ccc(C2=NN(Cc3cccc(-c4ncc(N)cn4)c3)C(=O)SC2)cc1OC. The first-order chi connectivity index (χ1) is 15.1. The summed E-state index contributed by atoms with van der Waals surface area (Å²) in [5.74, 6) is 2.33. The van der Waals surface area contributed by atoms with E-state index >= 15 is 0 Å². The summed E-state index contributed by atoms with van der Waals surface area (Å²) in [5.41, 5.74) is 9.62. The molecule has 0 spiro atoms. The molecule has 1 amide bonds. The second-order valence-corrected chi connectivity index (χ2v) is 7.70. The van der Waals surface area contributed by atoms with E-state index in [4.69, 9.17) is 15.2 Å². The van der Waals surface area contributed by atoms with Crippen molar-refractivity contribution in [2.45, 2.75) is 6.54 Å². The molecule has 0 radical (unpaired) electrons. The Balaban J connectivity index is 1.59. The second kappa shape index (κ2) is 9.05. The number of carbonyl (C=O) groups excluding carboxylic acids is 1. The Morgan fingerprint density at radius 2 is 1.81 bits per heavy atom. The predicted molar refractivity (Wildman–Crippen MR) is 121 cm³/mol. The molecule has 9 heteroatoms. The monoisotopic (exact) mass is 435 g/mol. The number of rotatable bonds is 6. The van der Waals surface area contributed by atoms with Crippen molar-refractivity contribution in [1.82, 2.24) is 15.0 Å². The largest absolute Gasteiger partial charge is 0.493 e. The summed E-state index contributed by atoms with van der Waals surface area (Å²) in [5, 5.41) is 5.99. The van der Waals surface area contributed by atoms with Crippen LogP contribution in [-0.4, -0.2) is 45.9 Å². The summed E-state index contributed by atoms with van der Waals surface area (Å²) >= 11 is 1.22. The van der Waals surface area contributed by atoms with E-state index in [1.165, 1.54) is 16.8 Å². The first-order valence-electron chi connectivity index (χ1n) is 9.48. The molecule has 0 bridgehead atoms. The minimum atomic E-state index is -0.0987. The van der Waals surface area contributed by atoms with E-state index < -0.39 is 0 Å². The van der Waals surface area contributed by atoms with Gasteiger partial charge in [0.15, 0.2) is 17.3 Å². The molecule has 0 saturated heterocycles. The lowest BCUT2D eigenvalue weighted by Gasteiger charge is -2.23. The van der Waals surface area contributed by atoms with Gasteiger partial charge < -0.3 is 15.2 Å². The standard InChI is InChI=1S/C22H21N5O3S/c1-29-19-7-6-15(9-20(19)30-2)18-13-31-22(28)27(26-18)12-14-4-3-5-16(8-14)21-24-10-17(23)11-25-21/h3-11H,12-13,23H2,1-2H3. The van der Waals surface area contributed by atoms with Gasteiger partial charge in [-0.05, 0) is 29.8 Å². The minimum absolute atomic E-state index is 0.0987. The third kappa shape index (κ3) is 4.61. The van der Waals surface area contributed by atoms with Crippen LogP contribution in [0.2, 0.25) is 0 Å². The molecule has 1 aliphatic rings. The molecule has 0 atom stereocenters. The number of benzene rings is 2. The Bertz CT molecular complexity index is 1130. The number of nitrogen functional groups attached to an aromatic ring is 1. The quantitative estimate of drug-likeness (QED) is 0.628. The van der Waals surface area contributed by atoms with Crippen LogP contribution in [0.15, 0.2) is 60.0 Å². The first kappa shape index (κ1) is 20.7. The van der Waals surface area contributed by atoms with Crippen LogP contribution in [0.1, 0.15) is 11.1 Å². The number of thioether (sulfide) groups is 1. The molecule has 0 fully saturated rings. The molecular weight excluding hydrogens is 414 g/mol. The molecule has 4 rings (SSSR count). The fourth-order valence-electron chi connectivity index (χ4n) is 3.15. The third-order valence-electron chi connectivity index (χ3n) is 4.69. The van der Waals surface area contributed by atoms with Gasteiger partial charge in [-0.25, -0.2) is 15.0 Å². The Morgan fingerprint density at radius 1 is 1.03 bits per heavy atom. The van der Waals surface area contributed by atoms with Gasteiger partial charge >= 0.3 is 5.24 Å². The van der Waals surface area contributed by atoms with Gasteiger partial charge in [0.1, 0.15) is 0 Å². The van der Waals surface area contributed by atoms with Crippen molar-refractivity contribution < 1.29 is 14.3 Å². The van der Waals surface area contributed by atoms with E-state index in [1.807, 2.05) is 42.5 Å². The fraction of sp³-hybridized carbons (Fsp3) is 0.182. The number of aromatic nitrogens is 2. The molecule has 31 heavy (non-hydrogen) atoms. The molecule has 2 N–H and O–H groups in total. The van der Waals surface area contributed by atoms with Gasteiger partial charge in [-0.1, -0.05) is 30.0 Å². The number of amides is 1. The van der Waals surface area contributed by atoms with Crippen molar-refractivity contribution in [1.29, 1.82) is 0 Å². The van der Waals surface area contributed by atoms with Gasteiger partial charge in [0.25, 0.3) is 0 Å². The number of nitrogens with zero attached hydrogens (tertiary/aromatic N) is 4. The number of nitrogens with two attached hydrogens (primary N) is 1. The third-order valence-corrected chi connectivity index (χ3v) is 5.57. The van der Waals surface area contributed by atoms with Crippen LogP contribution in [0.4, 0.5) is 10.5 Å². The lowest BCUT2D eigenvalue weighted by molar-refractivity contribution is 0.222. The van der Waals surface area contributed by atoms with Gasteiger partial charge in [-0.2, -0.15) is 5.10 Å². The Kier molecular flexibility index (Phi) is 6.03. The lowest BCUT2D eigenvalue weighted by Crippen LogP contribution is -2.29. The van der Waals surface area contributed by atoms with Gasteiger partial charge in [0, 0.05) is 16.9 Å². The zero-order valence-corrected chi connectivity index (χ0v) is 17.9. The fourth-order valence-corrected chi connectivity index (χ4v) is 3.88. The molecule has 8 nitrogen and oxygen atoms in total. The van der Waals surface area contributed by atoms with Crippen molar-refractivity contribution in [3.8, 4) is 22.9 Å². The van der Waals surface area contributed by atoms with E-state index in [1.54, 1.807) is 26.6 Å². The van der Waals surface area contributed by atoms with E-state index in [2.05, 4.69) is 15.1 Å². The van der Waals surface area contributed by atoms with E-state index in [0.29, 0.717) is 35.3 Å².